The van der Waals surface area contributed by atoms with Gasteiger partial charge in [0.1, 0.15) is 6.04 Å². The Kier molecular flexibility index (Phi) is 8.56. The molecule has 1 aliphatic carbocycles. The van der Waals surface area contributed by atoms with Gasteiger partial charge in [-0.25, -0.2) is 18.1 Å². The highest BCUT2D eigenvalue weighted by Gasteiger charge is 2.38. The van der Waals surface area contributed by atoms with Crippen molar-refractivity contribution in [2.24, 2.45) is 16.9 Å². The van der Waals surface area contributed by atoms with Crippen LogP contribution in [0.5, 0.6) is 0 Å². The van der Waals surface area contributed by atoms with E-state index >= 15 is 0 Å². The lowest BCUT2D eigenvalue weighted by molar-refractivity contribution is -0.141. The Balaban J connectivity index is 1.69. The van der Waals surface area contributed by atoms with Crippen molar-refractivity contribution in [2.45, 2.75) is 51.0 Å². The number of hydrogen-bond donors (Lipinski definition) is 2. The van der Waals surface area contributed by atoms with E-state index in [2.05, 4.69) is 15.8 Å². The van der Waals surface area contributed by atoms with E-state index in [9.17, 15) is 22.8 Å². The average Bonchev–Trinajstić information content (AvgIpc) is 3.20. The number of hydrogen-bond acceptors (Lipinski definition) is 7. The molecule has 0 aromatic carbocycles. The lowest BCUT2D eigenvalue weighted by atomic mass is 9.85. The van der Waals surface area contributed by atoms with Crippen molar-refractivity contribution >= 4 is 44.6 Å². The number of nitrogens with one attached hydrogen (secondary N) is 2. The number of nitrogens with zero attached hydrogens (tertiary/aromatic N) is 3. The minimum absolute atomic E-state index is 0.151. The Hall–Kier alpha value is -1.66. The van der Waals surface area contributed by atoms with Gasteiger partial charge in [0.05, 0.1) is 6.26 Å². The number of hydrazone groups is 1. The molecule has 0 aromatic heterocycles. The first-order valence-corrected chi connectivity index (χ1v) is 14.0. The normalized spacial score (nSPS) is 23.8. The summed E-state index contributed by atoms with van der Waals surface area (Å²) in [5.74, 6) is -1.39. The van der Waals surface area contributed by atoms with Crippen molar-refractivity contribution in [1.82, 2.24) is 19.9 Å². The summed E-state index contributed by atoms with van der Waals surface area (Å²) in [7, 11) is -1.46. The quantitative estimate of drug-likeness (QED) is 0.392. The molecule has 3 fully saturated rings. The van der Waals surface area contributed by atoms with E-state index in [4.69, 9.17) is 0 Å². The van der Waals surface area contributed by atoms with E-state index in [1.807, 2.05) is 11.9 Å². The third-order valence-electron chi connectivity index (χ3n) is 6.46. The smallest absolute Gasteiger partial charge is 0.309 e. The maximum Gasteiger partial charge on any atom is 0.309 e. The van der Waals surface area contributed by atoms with Gasteiger partial charge in [-0.3, -0.25) is 14.4 Å². The molecule has 0 spiro atoms. The third-order valence-corrected chi connectivity index (χ3v) is 8.81. The monoisotopic (exact) mass is 487 g/mol. The fraction of sp³-hybridized carbons (Fsp3) is 0.800. The minimum atomic E-state index is -3.32. The van der Waals surface area contributed by atoms with E-state index in [0.29, 0.717) is 18.0 Å². The molecule has 3 aliphatic rings. The molecule has 0 bridgehead atoms. The number of sulfonamides is 1. The topological polar surface area (TPSA) is 128 Å². The van der Waals surface area contributed by atoms with Crippen molar-refractivity contribution < 1.29 is 22.8 Å². The van der Waals surface area contributed by atoms with Gasteiger partial charge in [-0.1, -0.05) is 31.0 Å². The predicted octanol–water partition coefficient (Wildman–Crippen LogP) is 0.358. The molecule has 1 atom stereocenters. The maximum absolute atomic E-state index is 13.1. The molecule has 1 unspecified atom stereocenters. The van der Waals surface area contributed by atoms with Crippen LogP contribution in [0.2, 0.25) is 0 Å². The summed E-state index contributed by atoms with van der Waals surface area (Å²) in [4.78, 5) is 40.5. The molecular formula is C20H33N5O5S2. The lowest BCUT2D eigenvalue weighted by Crippen LogP contribution is -2.54. The van der Waals surface area contributed by atoms with Gasteiger partial charge in [0.2, 0.25) is 21.7 Å². The Morgan fingerprint density at radius 2 is 1.72 bits per heavy atom. The van der Waals surface area contributed by atoms with E-state index in [1.165, 1.54) is 16.1 Å². The number of Topliss-reactive ketones (excluding diaryl/α,β-unsaturated/α-hetero) is 1. The van der Waals surface area contributed by atoms with Crippen molar-refractivity contribution in [3.05, 3.63) is 0 Å². The van der Waals surface area contributed by atoms with Crippen molar-refractivity contribution in [1.29, 1.82) is 0 Å². The number of thioether (sulfide) groups is 1. The molecule has 0 aromatic rings. The zero-order chi connectivity index (χ0) is 23.3. The predicted molar refractivity (Wildman–Crippen MR) is 123 cm³/mol. The van der Waals surface area contributed by atoms with Crippen LogP contribution in [0.4, 0.5) is 0 Å². The molecule has 180 valence electrons. The molecule has 0 radical (unpaired) electrons. The second-order valence-corrected chi connectivity index (χ2v) is 11.8. The average molecular weight is 488 g/mol. The van der Waals surface area contributed by atoms with Crippen LogP contribution in [0, 0.1) is 11.8 Å². The number of amidine groups is 1. The molecule has 10 nitrogen and oxygen atoms in total. The standard InChI is InChI=1S/C20H33N5O5S2/c1-24-12-13-31-20(24)23-22-19(28)17(26)16(21-18(27)15-6-4-3-5-7-15)14-8-10-25(11-9-14)32(2,29)30/h14-16H,3-13H2,1-2H3,(H,21,27)(H,22,28)/b23-20-. The zero-order valence-corrected chi connectivity index (χ0v) is 20.3. The summed E-state index contributed by atoms with van der Waals surface area (Å²) < 4.78 is 25.0. The van der Waals surface area contributed by atoms with Gasteiger partial charge in [-0.05, 0) is 31.6 Å². The number of amides is 2. The van der Waals surface area contributed by atoms with E-state index < -0.39 is 27.8 Å². The van der Waals surface area contributed by atoms with Crippen LogP contribution >= 0.6 is 11.8 Å². The number of ketones is 1. The number of carbonyl (C=O) groups excluding carboxylic acids is 3. The SMILES string of the molecule is CN1CCS/C1=N\NC(=O)C(=O)C(NC(=O)C1CCCCC1)C1CCN(S(C)(=O)=O)CC1. The van der Waals surface area contributed by atoms with E-state index in [0.717, 1.165) is 50.7 Å². The molecule has 12 heteroatoms. The van der Waals surface area contributed by atoms with Gasteiger partial charge in [0.25, 0.3) is 0 Å². The Bertz CT molecular complexity index is 848. The fourth-order valence-electron chi connectivity index (χ4n) is 4.47. The Labute approximate surface area is 194 Å². The molecule has 2 N–H and O–H groups in total. The molecule has 1 saturated carbocycles. The van der Waals surface area contributed by atoms with Crippen molar-refractivity contribution in [3.8, 4) is 0 Å². The number of carbonyl (C=O) groups is 3. The highest BCUT2D eigenvalue weighted by molar-refractivity contribution is 8.14. The lowest BCUT2D eigenvalue weighted by Gasteiger charge is -2.35. The number of rotatable bonds is 7. The first-order valence-electron chi connectivity index (χ1n) is 11.2. The largest absolute Gasteiger partial charge is 0.352 e. The number of piperidine rings is 1. The fourth-order valence-corrected chi connectivity index (χ4v) is 6.31. The van der Waals surface area contributed by atoms with Gasteiger partial charge >= 0.3 is 5.91 Å². The van der Waals surface area contributed by atoms with Gasteiger partial charge in [-0.15, -0.1) is 5.10 Å². The summed E-state index contributed by atoms with van der Waals surface area (Å²) in [5, 5.41) is 7.53. The van der Waals surface area contributed by atoms with Crippen LogP contribution in [0.3, 0.4) is 0 Å². The first-order chi connectivity index (χ1) is 15.2. The summed E-state index contributed by atoms with van der Waals surface area (Å²) in [6.07, 6.45) is 6.57. The van der Waals surface area contributed by atoms with Crippen LogP contribution in [0.1, 0.15) is 44.9 Å². The van der Waals surface area contributed by atoms with Crippen LogP contribution < -0.4 is 10.7 Å². The van der Waals surface area contributed by atoms with Gasteiger partial charge < -0.3 is 10.2 Å². The molecule has 2 amide bonds. The van der Waals surface area contributed by atoms with Crippen LogP contribution in [-0.4, -0.2) is 85.1 Å². The van der Waals surface area contributed by atoms with Gasteiger partial charge in [-0.2, -0.15) is 0 Å². The maximum atomic E-state index is 13.1. The molecule has 2 heterocycles. The molecule has 2 aliphatic heterocycles. The summed E-state index contributed by atoms with van der Waals surface area (Å²) in [6, 6.07) is -0.986. The molecule has 3 rings (SSSR count). The summed E-state index contributed by atoms with van der Waals surface area (Å²) >= 11 is 1.49. The van der Waals surface area contributed by atoms with Gasteiger partial charge in [0.15, 0.2) is 5.17 Å². The summed E-state index contributed by atoms with van der Waals surface area (Å²) in [5.41, 5.74) is 2.34. The van der Waals surface area contributed by atoms with Crippen molar-refractivity contribution in [2.75, 3.05) is 38.7 Å². The van der Waals surface area contributed by atoms with Crippen LogP contribution in [-0.2, 0) is 24.4 Å². The highest BCUT2D eigenvalue weighted by Crippen LogP contribution is 2.26. The second-order valence-electron chi connectivity index (χ2n) is 8.79. The minimum Gasteiger partial charge on any atom is -0.352 e. The van der Waals surface area contributed by atoms with Crippen LogP contribution in [0.15, 0.2) is 5.10 Å². The van der Waals surface area contributed by atoms with E-state index in [1.54, 1.807) is 0 Å². The third kappa shape index (κ3) is 6.44. The van der Waals surface area contributed by atoms with Gasteiger partial charge in [0, 0.05) is 38.4 Å². The zero-order valence-electron chi connectivity index (χ0n) is 18.7. The van der Waals surface area contributed by atoms with E-state index in [-0.39, 0.29) is 30.8 Å². The van der Waals surface area contributed by atoms with Crippen molar-refractivity contribution in [3.63, 3.8) is 0 Å². The molecule has 32 heavy (non-hydrogen) atoms. The summed E-state index contributed by atoms with van der Waals surface area (Å²) in [6.45, 7) is 1.34. The Morgan fingerprint density at radius 1 is 1.06 bits per heavy atom. The second kappa shape index (κ2) is 11.0. The Morgan fingerprint density at radius 3 is 2.28 bits per heavy atom. The first kappa shape index (κ1) is 25.0. The molecule has 2 saturated heterocycles. The molecular weight excluding hydrogens is 454 g/mol. The van der Waals surface area contributed by atoms with Crippen LogP contribution in [0.25, 0.3) is 0 Å². The highest BCUT2D eigenvalue weighted by atomic mass is 32.2.